The summed E-state index contributed by atoms with van der Waals surface area (Å²) in [5, 5.41) is 5.29. The molecule has 25 heavy (non-hydrogen) atoms. The van der Waals surface area contributed by atoms with Gasteiger partial charge in [-0.05, 0) is 35.1 Å². The number of amides is 1. The van der Waals surface area contributed by atoms with Crippen molar-refractivity contribution in [1.29, 1.82) is 0 Å². The van der Waals surface area contributed by atoms with Crippen molar-refractivity contribution in [2.24, 2.45) is 7.05 Å². The first-order chi connectivity index (χ1) is 12.0. The van der Waals surface area contributed by atoms with Crippen molar-refractivity contribution in [2.45, 2.75) is 24.9 Å². The Kier molecular flexibility index (Phi) is 5.24. The van der Waals surface area contributed by atoms with E-state index < -0.39 is 0 Å². The molecule has 0 radical (unpaired) electrons. The first kappa shape index (κ1) is 17.7. The monoisotopic (exact) mass is 373 g/mol. The van der Waals surface area contributed by atoms with Crippen LogP contribution in [0.1, 0.15) is 25.3 Å². The molecule has 3 rings (SSSR count). The standard InChI is InChI=1S/C18H19N3O2S2/c1-11(2)12-5-4-6-13(9-12)19-15(22)10-25-18-20-14-7-8-24-16(14)17(23)21(18)3/h4-9,11H,10H2,1-3H3,(H,19,22). The molecule has 0 aliphatic rings. The summed E-state index contributed by atoms with van der Waals surface area (Å²) in [7, 11) is 1.68. The lowest BCUT2D eigenvalue weighted by Gasteiger charge is -2.10. The number of fused-ring (bicyclic) bond motifs is 1. The van der Waals surface area contributed by atoms with E-state index in [0.29, 0.717) is 21.3 Å². The first-order valence-corrected chi connectivity index (χ1v) is 9.79. The van der Waals surface area contributed by atoms with Gasteiger partial charge >= 0.3 is 0 Å². The van der Waals surface area contributed by atoms with Crippen molar-refractivity contribution < 1.29 is 4.79 Å². The number of nitrogens with one attached hydrogen (secondary N) is 1. The van der Waals surface area contributed by atoms with Crippen LogP contribution >= 0.6 is 23.1 Å². The number of anilines is 1. The van der Waals surface area contributed by atoms with E-state index in [1.54, 1.807) is 7.05 Å². The highest BCUT2D eigenvalue weighted by molar-refractivity contribution is 7.99. The number of aromatic nitrogens is 2. The lowest BCUT2D eigenvalue weighted by atomic mass is 10.0. The van der Waals surface area contributed by atoms with Gasteiger partial charge in [0.2, 0.25) is 5.91 Å². The van der Waals surface area contributed by atoms with Crippen molar-refractivity contribution in [2.75, 3.05) is 11.1 Å². The highest BCUT2D eigenvalue weighted by Gasteiger charge is 2.12. The number of benzene rings is 1. The van der Waals surface area contributed by atoms with Gasteiger partial charge in [-0.3, -0.25) is 14.2 Å². The van der Waals surface area contributed by atoms with Crippen LogP contribution in [0.5, 0.6) is 0 Å². The molecule has 5 nitrogen and oxygen atoms in total. The Morgan fingerprint density at radius 1 is 1.36 bits per heavy atom. The summed E-state index contributed by atoms with van der Waals surface area (Å²) in [5.74, 6) is 0.481. The minimum atomic E-state index is -0.120. The summed E-state index contributed by atoms with van der Waals surface area (Å²) in [4.78, 5) is 29.0. The summed E-state index contributed by atoms with van der Waals surface area (Å²) < 4.78 is 2.14. The number of carbonyl (C=O) groups excluding carboxylic acids is 1. The van der Waals surface area contributed by atoms with Gasteiger partial charge in [0.05, 0.1) is 11.3 Å². The highest BCUT2D eigenvalue weighted by atomic mass is 32.2. The molecule has 0 saturated heterocycles. The molecule has 0 aliphatic carbocycles. The zero-order chi connectivity index (χ0) is 18.0. The summed E-state index contributed by atoms with van der Waals surface area (Å²) >= 11 is 2.64. The van der Waals surface area contributed by atoms with Crippen molar-refractivity contribution in [3.63, 3.8) is 0 Å². The average molecular weight is 374 g/mol. The maximum Gasteiger partial charge on any atom is 0.271 e. The van der Waals surface area contributed by atoms with Gasteiger partial charge < -0.3 is 5.32 Å². The van der Waals surface area contributed by atoms with E-state index in [-0.39, 0.29) is 17.2 Å². The second kappa shape index (κ2) is 7.41. The van der Waals surface area contributed by atoms with Crippen LogP contribution in [0.25, 0.3) is 10.2 Å². The summed E-state index contributed by atoms with van der Waals surface area (Å²) in [6, 6.07) is 9.67. The molecule has 1 N–H and O–H groups in total. The van der Waals surface area contributed by atoms with Gasteiger partial charge in [0.1, 0.15) is 4.70 Å². The van der Waals surface area contributed by atoms with Crippen LogP contribution in [0, 0.1) is 0 Å². The topological polar surface area (TPSA) is 64.0 Å². The summed E-state index contributed by atoms with van der Waals surface area (Å²) in [6.07, 6.45) is 0. The SMILES string of the molecule is CC(C)c1cccc(NC(=O)CSc2nc3ccsc3c(=O)n2C)c1. The van der Waals surface area contributed by atoms with E-state index >= 15 is 0 Å². The maximum atomic E-state index is 12.3. The lowest BCUT2D eigenvalue weighted by Crippen LogP contribution is -2.20. The minimum absolute atomic E-state index is 0.0763. The summed E-state index contributed by atoms with van der Waals surface area (Å²) in [5.41, 5.74) is 2.57. The Morgan fingerprint density at radius 2 is 2.16 bits per heavy atom. The number of thiophene rings is 1. The van der Waals surface area contributed by atoms with E-state index in [1.165, 1.54) is 33.2 Å². The van der Waals surface area contributed by atoms with Crippen molar-refractivity contribution in [3.05, 3.63) is 51.6 Å². The Bertz CT molecular complexity index is 976. The van der Waals surface area contributed by atoms with Crippen LogP contribution in [-0.2, 0) is 11.8 Å². The molecule has 0 aliphatic heterocycles. The number of hydrogen-bond donors (Lipinski definition) is 1. The zero-order valence-electron chi connectivity index (χ0n) is 14.3. The van der Waals surface area contributed by atoms with Gasteiger partial charge in [-0.2, -0.15) is 0 Å². The van der Waals surface area contributed by atoms with Crippen LogP contribution in [0.2, 0.25) is 0 Å². The number of carbonyl (C=O) groups is 1. The number of thioether (sulfide) groups is 1. The Hall–Kier alpha value is -2.12. The van der Waals surface area contributed by atoms with Crippen molar-refractivity contribution in [3.8, 4) is 0 Å². The molecule has 0 saturated carbocycles. The van der Waals surface area contributed by atoms with Gasteiger partial charge in [0.15, 0.2) is 5.16 Å². The predicted octanol–water partition coefficient (Wildman–Crippen LogP) is 3.85. The van der Waals surface area contributed by atoms with Gasteiger partial charge in [-0.15, -0.1) is 11.3 Å². The fourth-order valence-electron chi connectivity index (χ4n) is 2.40. The molecule has 0 spiro atoms. The van der Waals surface area contributed by atoms with E-state index in [9.17, 15) is 9.59 Å². The Morgan fingerprint density at radius 3 is 2.92 bits per heavy atom. The molecule has 2 heterocycles. The lowest BCUT2D eigenvalue weighted by molar-refractivity contribution is -0.113. The van der Waals surface area contributed by atoms with Crippen LogP contribution in [0.4, 0.5) is 5.69 Å². The first-order valence-electron chi connectivity index (χ1n) is 7.92. The normalized spacial score (nSPS) is 11.2. The average Bonchev–Trinajstić information content (AvgIpc) is 3.05. The second-order valence-electron chi connectivity index (χ2n) is 6.01. The minimum Gasteiger partial charge on any atom is -0.325 e. The van der Waals surface area contributed by atoms with Gasteiger partial charge in [0, 0.05) is 12.7 Å². The molecule has 0 fully saturated rings. The van der Waals surface area contributed by atoms with Crippen molar-refractivity contribution >= 4 is 44.9 Å². The molecule has 1 amide bonds. The van der Waals surface area contributed by atoms with E-state index in [1.807, 2.05) is 35.7 Å². The van der Waals surface area contributed by atoms with Gasteiger partial charge in [0.25, 0.3) is 5.56 Å². The molecule has 0 atom stereocenters. The molecular weight excluding hydrogens is 354 g/mol. The zero-order valence-corrected chi connectivity index (χ0v) is 15.9. The smallest absolute Gasteiger partial charge is 0.271 e. The molecular formula is C18H19N3O2S2. The molecule has 3 aromatic rings. The van der Waals surface area contributed by atoms with Crippen molar-refractivity contribution in [1.82, 2.24) is 9.55 Å². The molecule has 1 aromatic carbocycles. The number of rotatable bonds is 5. The van der Waals surface area contributed by atoms with Gasteiger partial charge in [-0.25, -0.2) is 4.98 Å². The second-order valence-corrected chi connectivity index (χ2v) is 7.87. The van der Waals surface area contributed by atoms with E-state index in [0.717, 1.165) is 5.69 Å². The molecule has 7 heteroatoms. The largest absolute Gasteiger partial charge is 0.325 e. The van der Waals surface area contributed by atoms with Crippen LogP contribution in [0.3, 0.4) is 0 Å². The van der Waals surface area contributed by atoms with Crippen LogP contribution in [0.15, 0.2) is 45.7 Å². The third kappa shape index (κ3) is 3.93. The van der Waals surface area contributed by atoms with Crippen LogP contribution in [-0.4, -0.2) is 21.2 Å². The van der Waals surface area contributed by atoms with Crippen LogP contribution < -0.4 is 10.9 Å². The Balaban J connectivity index is 1.69. The summed E-state index contributed by atoms with van der Waals surface area (Å²) in [6.45, 7) is 4.23. The third-order valence-electron chi connectivity index (χ3n) is 3.82. The number of nitrogens with zero attached hydrogens (tertiary/aromatic N) is 2. The fraction of sp³-hybridized carbons (Fsp3) is 0.278. The highest BCUT2D eigenvalue weighted by Crippen LogP contribution is 2.21. The Labute approximate surface area is 154 Å². The van der Waals surface area contributed by atoms with E-state index in [4.69, 9.17) is 0 Å². The quantitative estimate of drug-likeness (QED) is 0.545. The number of hydrogen-bond acceptors (Lipinski definition) is 5. The van der Waals surface area contributed by atoms with E-state index in [2.05, 4.69) is 24.1 Å². The molecule has 0 unspecified atom stereocenters. The predicted molar refractivity (Wildman–Crippen MR) is 105 cm³/mol. The maximum absolute atomic E-state index is 12.3. The third-order valence-corrected chi connectivity index (χ3v) is 5.74. The van der Waals surface area contributed by atoms with Gasteiger partial charge in [-0.1, -0.05) is 37.7 Å². The molecule has 130 valence electrons. The molecule has 2 aromatic heterocycles. The molecule has 0 bridgehead atoms. The fourth-order valence-corrected chi connectivity index (χ4v) is 3.98.